The summed E-state index contributed by atoms with van der Waals surface area (Å²) in [6.07, 6.45) is 0.756. The van der Waals surface area contributed by atoms with Crippen LogP contribution in [-0.4, -0.2) is 36.4 Å². The topological polar surface area (TPSA) is 82.1 Å². The molecule has 0 bridgehead atoms. The fourth-order valence-electron chi connectivity index (χ4n) is 2.09. The zero-order valence-electron chi connectivity index (χ0n) is 14.7. The molecular formula is C18H26O6. The third-order valence-corrected chi connectivity index (χ3v) is 3.21. The fourth-order valence-corrected chi connectivity index (χ4v) is 2.09. The average Bonchev–Trinajstić information content (AvgIpc) is 2.48. The van der Waals surface area contributed by atoms with Crippen molar-refractivity contribution in [2.75, 3.05) is 13.7 Å². The highest BCUT2D eigenvalue weighted by molar-refractivity contribution is 5.78. The van der Waals surface area contributed by atoms with E-state index in [0.29, 0.717) is 25.2 Å². The summed E-state index contributed by atoms with van der Waals surface area (Å²) in [5.41, 5.74) is -0.613. The molecule has 0 aliphatic rings. The molecule has 134 valence electrons. The van der Waals surface area contributed by atoms with E-state index in [9.17, 15) is 14.7 Å². The maximum Gasteiger partial charge on any atom is 0.307 e. The Balaban J connectivity index is 2.38. The Morgan fingerprint density at radius 1 is 1.12 bits per heavy atom. The summed E-state index contributed by atoms with van der Waals surface area (Å²) in [6, 6.07) is 7.15. The number of carboxylic acids is 1. The molecule has 0 heterocycles. The Morgan fingerprint density at radius 2 is 1.71 bits per heavy atom. The van der Waals surface area contributed by atoms with E-state index >= 15 is 0 Å². The first-order valence-corrected chi connectivity index (χ1v) is 7.93. The molecule has 0 fully saturated rings. The predicted octanol–water partition coefficient (Wildman–Crippen LogP) is 3.29. The first-order valence-electron chi connectivity index (χ1n) is 7.93. The molecule has 6 nitrogen and oxygen atoms in total. The molecule has 0 aromatic heterocycles. The first-order chi connectivity index (χ1) is 11.2. The lowest BCUT2D eigenvalue weighted by Crippen LogP contribution is -2.27. The number of carbonyl (C=O) groups is 2. The molecule has 0 aliphatic carbocycles. The van der Waals surface area contributed by atoms with Gasteiger partial charge < -0.3 is 19.3 Å². The summed E-state index contributed by atoms with van der Waals surface area (Å²) in [7, 11) is 1.59. The van der Waals surface area contributed by atoms with Gasteiger partial charge in [-0.25, -0.2) is 0 Å². The smallest absolute Gasteiger partial charge is 0.307 e. The SMILES string of the molecule is COc1ccc(OCCC[C@@H](CC(=O)OC(C)(C)C)C(=O)O)cc1. The maximum absolute atomic E-state index is 11.8. The van der Waals surface area contributed by atoms with Crippen molar-refractivity contribution in [3.05, 3.63) is 24.3 Å². The van der Waals surface area contributed by atoms with Gasteiger partial charge in [0.05, 0.1) is 26.1 Å². The standard InChI is InChI=1S/C18H26O6/c1-18(2,3)24-16(19)12-13(17(20)21)6-5-11-23-15-9-7-14(22-4)8-10-15/h7-10,13H,5-6,11-12H2,1-4H3,(H,20,21)/t13-/m0/s1. The van der Waals surface area contributed by atoms with E-state index in [1.54, 1.807) is 52.1 Å². The molecule has 0 unspecified atom stereocenters. The molecule has 24 heavy (non-hydrogen) atoms. The van der Waals surface area contributed by atoms with Gasteiger partial charge in [-0.3, -0.25) is 9.59 Å². The van der Waals surface area contributed by atoms with Crippen LogP contribution in [0.3, 0.4) is 0 Å². The average molecular weight is 338 g/mol. The second kappa shape index (κ2) is 9.15. The number of carbonyl (C=O) groups excluding carboxylic acids is 1. The van der Waals surface area contributed by atoms with Crippen LogP contribution in [0, 0.1) is 5.92 Å². The van der Waals surface area contributed by atoms with E-state index in [-0.39, 0.29) is 6.42 Å². The molecular weight excluding hydrogens is 312 g/mol. The van der Waals surface area contributed by atoms with Crippen molar-refractivity contribution in [2.24, 2.45) is 5.92 Å². The molecule has 1 rings (SSSR count). The minimum atomic E-state index is -0.995. The van der Waals surface area contributed by atoms with E-state index in [2.05, 4.69) is 0 Å². The van der Waals surface area contributed by atoms with Gasteiger partial charge in [0.25, 0.3) is 0 Å². The molecule has 0 amide bonds. The van der Waals surface area contributed by atoms with Crippen molar-refractivity contribution >= 4 is 11.9 Å². The van der Waals surface area contributed by atoms with Gasteiger partial charge in [-0.2, -0.15) is 0 Å². The van der Waals surface area contributed by atoms with Crippen molar-refractivity contribution in [3.8, 4) is 11.5 Å². The van der Waals surface area contributed by atoms with Gasteiger partial charge in [0, 0.05) is 0 Å². The number of benzene rings is 1. The van der Waals surface area contributed by atoms with Crippen molar-refractivity contribution in [2.45, 2.75) is 45.6 Å². The van der Waals surface area contributed by atoms with Crippen LogP contribution in [0.1, 0.15) is 40.0 Å². The van der Waals surface area contributed by atoms with Crippen LogP contribution >= 0.6 is 0 Å². The van der Waals surface area contributed by atoms with Gasteiger partial charge >= 0.3 is 11.9 Å². The molecule has 0 aliphatic heterocycles. The number of ether oxygens (including phenoxy) is 3. The van der Waals surface area contributed by atoms with Gasteiger partial charge in [0.2, 0.25) is 0 Å². The van der Waals surface area contributed by atoms with Crippen LogP contribution in [0.25, 0.3) is 0 Å². The molecule has 1 aromatic carbocycles. The number of hydrogen-bond donors (Lipinski definition) is 1. The van der Waals surface area contributed by atoms with Gasteiger partial charge in [0.1, 0.15) is 17.1 Å². The summed E-state index contributed by atoms with van der Waals surface area (Å²) in [5.74, 6) is -0.823. The summed E-state index contributed by atoms with van der Waals surface area (Å²) >= 11 is 0. The quantitative estimate of drug-likeness (QED) is 0.549. The number of methoxy groups -OCH3 is 1. The maximum atomic E-state index is 11.8. The summed E-state index contributed by atoms with van der Waals surface area (Å²) in [6.45, 7) is 5.64. The van der Waals surface area contributed by atoms with Gasteiger partial charge in [-0.05, 0) is 57.9 Å². The number of carboxylic acid groups (broad SMARTS) is 1. The second-order valence-corrected chi connectivity index (χ2v) is 6.49. The summed E-state index contributed by atoms with van der Waals surface area (Å²) < 4.78 is 15.8. The molecule has 0 radical (unpaired) electrons. The van der Waals surface area contributed by atoms with E-state index < -0.39 is 23.5 Å². The van der Waals surface area contributed by atoms with Crippen molar-refractivity contribution in [3.63, 3.8) is 0 Å². The molecule has 1 N–H and O–H groups in total. The minimum Gasteiger partial charge on any atom is -0.497 e. The van der Waals surface area contributed by atoms with E-state index in [0.717, 1.165) is 5.75 Å². The predicted molar refractivity (Wildman–Crippen MR) is 89.3 cm³/mol. The minimum absolute atomic E-state index is 0.130. The Kier molecular flexibility index (Phi) is 7.55. The zero-order valence-corrected chi connectivity index (χ0v) is 14.7. The van der Waals surface area contributed by atoms with E-state index in [4.69, 9.17) is 14.2 Å². The number of esters is 1. The van der Waals surface area contributed by atoms with Gasteiger partial charge in [0.15, 0.2) is 0 Å². The molecule has 0 saturated carbocycles. The van der Waals surface area contributed by atoms with Crippen LogP contribution in [0.5, 0.6) is 11.5 Å². The largest absolute Gasteiger partial charge is 0.497 e. The highest BCUT2D eigenvalue weighted by Crippen LogP contribution is 2.19. The first kappa shape index (κ1) is 19.8. The molecule has 0 saturated heterocycles. The van der Waals surface area contributed by atoms with Crippen LogP contribution in [0.2, 0.25) is 0 Å². The zero-order chi connectivity index (χ0) is 18.2. The van der Waals surface area contributed by atoms with E-state index in [1.165, 1.54) is 0 Å². The van der Waals surface area contributed by atoms with Crippen molar-refractivity contribution in [1.82, 2.24) is 0 Å². The van der Waals surface area contributed by atoms with Crippen molar-refractivity contribution < 1.29 is 28.9 Å². The molecule has 1 aromatic rings. The number of hydrogen-bond acceptors (Lipinski definition) is 5. The lowest BCUT2D eigenvalue weighted by atomic mass is 10.00. The Morgan fingerprint density at radius 3 is 2.21 bits per heavy atom. The van der Waals surface area contributed by atoms with Gasteiger partial charge in [-0.15, -0.1) is 0 Å². The Labute approximate surface area is 142 Å². The molecule has 6 heteroatoms. The monoisotopic (exact) mass is 338 g/mol. The van der Waals surface area contributed by atoms with Crippen LogP contribution in [0.15, 0.2) is 24.3 Å². The van der Waals surface area contributed by atoms with Crippen molar-refractivity contribution in [1.29, 1.82) is 0 Å². The lowest BCUT2D eigenvalue weighted by Gasteiger charge is -2.21. The third-order valence-electron chi connectivity index (χ3n) is 3.21. The summed E-state index contributed by atoms with van der Waals surface area (Å²) in [5, 5.41) is 9.23. The van der Waals surface area contributed by atoms with Gasteiger partial charge in [-0.1, -0.05) is 0 Å². The van der Waals surface area contributed by atoms with Crippen LogP contribution in [-0.2, 0) is 14.3 Å². The summed E-state index contributed by atoms with van der Waals surface area (Å²) in [4.78, 5) is 23.0. The highest BCUT2D eigenvalue weighted by atomic mass is 16.6. The van der Waals surface area contributed by atoms with Crippen LogP contribution in [0.4, 0.5) is 0 Å². The van der Waals surface area contributed by atoms with Crippen LogP contribution < -0.4 is 9.47 Å². The Hall–Kier alpha value is -2.24. The lowest BCUT2D eigenvalue weighted by molar-refractivity contribution is -0.160. The normalized spacial score (nSPS) is 12.3. The fraction of sp³-hybridized carbons (Fsp3) is 0.556. The molecule has 1 atom stereocenters. The Bertz CT molecular complexity index is 529. The van der Waals surface area contributed by atoms with E-state index in [1.807, 2.05) is 0 Å². The third kappa shape index (κ3) is 7.85. The number of rotatable bonds is 9. The number of aliphatic carboxylic acids is 1. The second-order valence-electron chi connectivity index (χ2n) is 6.49. The molecule has 0 spiro atoms. The highest BCUT2D eigenvalue weighted by Gasteiger charge is 2.24.